The lowest BCUT2D eigenvalue weighted by Gasteiger charge is -2.11. The summed E-state index contributed by atoms with van der Waals surface area (Å²) in [5.41, 5.74) is 3.76. The summed E-state index contributed by atoms with van der Waals surface area (Å²) in [4.78, 5) is 17.7. The topological polar surface area (TPSA) is 69.0 Å². The number of pyridine rings is 1. The normalized spacial score (nSPS) is 10.9. The van der Waals surface area contributed by atoms with Crippen LogP contribution in [0.2, 0.25) is 5.02 Å². The average molecular weight is 421 g/mol. The number of fused-ring (bicyclic) bond motifs is 1. The second-order valence-corrected chi connectivity index (χ2v) is 7.33. The molecule has 0 aliphatic heterocycles. The fourth-order valence-electron chi connectivity index (χ4n) is 3.36. The number of aryl methyl sites for hydroxylation is 1. The molecule has 6 nitrogen and oxygen atoms in total. The summed E-state index contributed by atoms with van der Waals surface area (Å²) in [6.07, 6.45) is 2.38. The van der Waals surface area contributed by atoms with Crippen molar-refractivity contribution in [2.24, 2.45) is 7.05 Å². The minimum absolute atomic E-state index is 0.166. The van der Waals surface area contributed by atoms with Crippen LogP contribution in [-0.2, 0) is 13.5 Å². The van der Waals surface area contributed by atoms with Crippen molar-refractivity contribution in [1.82, 2.24) is 20.1 Å². The first-order valence-electron chi connectivity index (χ1n) is 9.55. The largest absolute Gasteiger partial charge is 0.496 e. The van der Waals surface area contributed by atoms with E-state index in [4.69, 9.17) is 21.3 Å². The molecule has 0 aliphatic carbocycles. The van der Waals surface area contributed by atoms with Gasteiger partial charge in [-0.05, 0) is 42.3 Å². The van der Waals surface area contributed by atoms with Gasteiger partial charge in [0.15, 0.2) is 5.65 Å². The number of nitrogens with one attached hydrogen (secondary N) is 1. The number of benzene rings is 2. The maximum atomic E-state index is 13.0. The highest BCUT2D eigenvalue weighted by molar-refractivity contribution is 6.30. The van der Waals surface area contributed by atoms with Gasteiger partial charge in [0.25, 0.3) is 5.91 Å². The molecule has 2 aromatic carbocycles. The van der Waals surface area contributed by atoms with Gasteiger partial charge in [0.05, 0.1) is 30.0 Å². The number of halogens is 1. The third-order valence-electron chi connectivity index (χ3n) is 4.95. The van der Waals surface area contributed by atoms with Crippen LogP contribution in [0.1, 0.15) is 15.9 Å². The van der Waals surface area contributed by atoms with Gasteiger partial charge >= 0.3 is 0 Å². The zero-order valence-corrected chi connectivity index (χ0v) is 17.5. The summed E-state index contributed by atoms with van der Waals surface area (Å²) in [5.74, 6) is 0.529. The van der Waals surface area contributed by atoms with E-state index in [1.54, 1.807) is 24.1 Å². The Labute approximate surface area is 179 Å². The van der Waals surface area contributed by atoms with E-state index in [2.05, 4.69) is 10.4 Å². The summed E-state index contributed by atoms with van der Waals surface area (Å²) < 4.78 is 7.14. The number of aromatic nitrogens is 3. The van der Waals surface area contributed by atoms with E-state index in [9.17, 15) is 4.79 Å². The second kappa shape index (κ2) is 8.55. The molecule has 4 rings (SSSR count). The molecule has 152 valence electrons. The summed E-state index contributed by atoms with van der Waals surface area (Å²) in [5, 5.41) is 8.69. The number of nitrogens with zero attached hydrogens (tertiary/aromatic N) is 3. The van der Waals surface area contributed by atoms with Crippen LogP contribution < -0.4 is 10.1 Å². The fourth-order valence-corrected chi connectivity index (χ4v) is 3.49. The van der Waals surface area contributed by atoms with Crippen molar-refractivity contribution in [3.05, 3.63) is 76.9 Å². The predicted octanol–water partition coefficient (Wildman–Crippen LogP) is 4.27. The molecule has 30 heavy (non-hydrogen) atoms. The van der Waals surface area contributed by atoms with Crippen LogP contribution in [0.3, 0.4) is 0 Å². The number of carbonyl (C=O) groups is 1. The van der Waals surface area contributed by atoms with Crippen molar-refractivity contribution >= 4 is 28.5 Å². The molecule has 0 bridgehead atoms. The zero-order chi connectivity index (χ0) is 21.1. The van der Waals surface area contributed by atoms with E-state index in [1.807, 2.05) is 55.6 Å². The Morgan fingerprint density at radius 1 is 1.17 bits per heavy atom. The van der Waals surface area contributed by atoms with Crippen molar-refractivity contribution < 1.29 is 9.53 Å². The van der Waals surface area contributed by atoms with Crippen molar-refractivity contribution in [1.29, 1.82) is 0 Å². The summed E-state index contributed by atoms with van der Waals surface area (Å²) >= 11 is 5.93. The number of para-hydroxylation sites is 1. The molecule has 0 unspecified atom stereocenters. The van der Waals surface area contributed by atoms with Crippen molar-refractivity contribution in [3.8, 4) is 17.0 Å². The number of hydrogen-bond acceptors (Lipinski definition) is 4. The highest BCUT2D eigenvalue weighted by Crippen LogP contribution is 2.31. The first kappa shape index (κ1) is 19.9. The Morgan fingerprint density at radius 2 is 1.93 bits per heavy atom. The maximum absolute atomic E-state index is 13.0. The van der Waals surface area contributed by atoms with Crippen LogP contribution >= 0.6 is 11.6 Å². The van der Waals surface area contributed by atoms with E-state index in [0.29, 0.717) is 46.0 Å². The third kappa shape index (κ3) is 4.00. The lowest BCUT2D eigenvalue weighted by molar-refractivity contribution is 0.0955. The Kier molecular flexibility index (Phi) is 5.68. The molecular formula is C23H21ClN4O2. The van der Waals surface area contributed by atoms with Gasteiger partial charge in [-0.1, -0.05) is 35.9 Å². The van der Waals surface area contributed by atoms with Crippen LogP contribution in [0.15, 0.2) is 60.8 Å². The van der Waals surface area contributed by atoms with Crippen LogP contribution in [0.25, 0.3) is 22.3 Å². The molecule has 1 N–H and O–H groups in total. The van der Waals surface area contributed by atoms with Gasteiger partial charge in [-0.3, -0.25) is 9.48 Å². The molecule has 0 fully saturated rings. The van der Waals surface area contributed by atoms with Gasteiger partial charge in [-0.15, -0.1) is 0 Å². The van der Waals surface area contributed by atoms with Gasteiger partial charge < -0.3 is 10.1 Å². The summed E-state index contributed by atoms with van der Waals surface area (Å²) in [6, 6.07) is 17.0. The van der Waals surface area contributed by atoms with Gasteiger partial charge in [-0.25, -0.2) is 4.98 Å². The number of methoxy groups -OCH3 is 1. The molecule has 7 heteroatoms. The molecule has 0 aliphatic rings. The van der Waals surface area contributed by atoms with Gasteiger partial charge in [0.2, 0.25) is 0 Å². The van der Waals surface area contributed by atoms with E-state index in [-0.39, 0.29) is 5.91 Å². The summed E-state index contributed by atoms with van der Waals surface area (Å²) in [6.45, 7) is 0.508. The lowest BCUT2D eigenvalue weighted by atomic mass is 10.1. The first-order valence-corrected chi connectivity index (χ1v) is 9.93. The molecule has 0 radical (unpaired) electrons. The minimum Gasteiger partial charge on any atom is -0.496 e. The monoisotopic (exact) mass is 420 g/mol. The van der Waals surface area contributed by atoms with E-state index < -0.39 is 0 Å². The van der Waals surface area contributed by atoms with Gasteiger partial charge in [0.1, 0.15) is 5.75 Å². The number of ether oxygens (including phenoxy) is 1. The highest BCUT2D eigenvalue weighted by Gasteiger charge is 2.18. The van der Waals surface area contributed by atoms with Gasteiger partial charge in [0, 0.05) is 24.2 Å². The van der Waals surface area contributed by atoms with Crippen molar-refractivity contribution in [3.63, 3.8) is 0 Å². The third-order valence-corrected chi connectivity index (χ3v) is 5.20. The molecule has 0 spiro atoms. The standard InChI is InChI=1S/C23H21ClN4O2/c1-28-22-19(14-26-28)18(13-20(27-22)17-5-3-4-6-21(17)30-2)23(29)25-12-11-15-7-9-16(24)10-8-15/h3-10,13-14H,11-12H2,1-2H3,(H,25,29). The fraction of sp³-hybridized carbons (Fsp3) is 0.174. The Balaban J connectivity index is 1.64. The van der Waals surface area contributed by atoms with E-state index in [1.165, 1.54) is 0 Å². The quantitative estimate of drug-likeness (QED) is 0.505. The zero-order valence-electron chi connectivity index (χ0n) is 16.7. The predicted molar refractivity (Wildman–Crippen MR) is 118 cm³/mol. The van der Waals surface area contributed by atoms with Crippen LogP contribution in [-0.4, -0.2) is 34.3 Å². The Morgan fingerprint density at radius 3 is 2.70 bits per heavy atom. The van der Waals surface area contributed by atoms with Crippen molar-refractivity contribution in [2.45, 2.75) is 6.42 Å². The Hall–Kier alpha value is -3.38. The smallest absolute Gasteiger partial charge is 0.252 e. The Bertz CT molecular complexity index is 1200. The number of rotatable bonds is 6. The maximum Gasteiger partial charge on any atom is 0.252 e. The molecular weight excluding hydrogens is 400 g/mol. The average Bonchev–Trinajstić information content (AvgIpc) is 3.15. The summed E-state index contributed by atoms with van der Waals surface area (Å²) in [7, 11) is 3.43. The van der Waals surface area contributed by atoms with E-state index in [0.717, 1.165) is 11.1 Å². The number of carbonyl (C=O) groups excluding carboxylic acids is 1. The highest BCUT2D eigenvalue weighted by atomic mass is 35.5. The lowest BCUT2D eigenvalue weighted by Crippen LogP contribution is -2.26. The SMILES string of the molecule is COc1ccccc1-c1cc(C(=O)NCCc2ccc(Cl)cc2)c2cnn(C)c2n1. The molecule has 0 atom stereocenters. The molecule has 1 amide bonds. The molecule has 0 saturated carbocycles. The van der Waals surface area contributed by atoms with E-state index >= 15 is 0 Å². The molecule has 4 aromatic rings. The van der Waals surface area contributed by atoms with Crippen molar-refractivity contribution in [2.75, 3.05) is 13.7 Å². The van der Waals surface area contributed by atoms with Crippen LogP contribution in [0.4, 0.5) is 0 Å². The second-order valence-electron chi connectivity index (χ2n) is 6.89. The molecule has 0 saturated heterocycles. The molecule has 2 heterocycles. The number of hydrogen-bond donors (Lipinski definition) is 1. The first-order chi connectivity index (χ1) is 14.6. The van der Waals surface area contributed by atoms with Gasteiger partial charge in [-0.2, -0.15) is 5.10 Å². The molecule has 2 aromatic heterocycles. The minimum atomic E-state index is -0.166. The van der Waals surface area contributed by atoms with Crippen LogP contribution in [0, 0.1) is 0 Å². The van der Waals surface area contributed by atoms with Crippen LogP contribution in [0.5, 0.6) is 5.75 Å². The number of amides is 1.